The fourth-order valence-electron chi connectivity index (χ4n) is 6.31. The highest BCUT2D eigenvalue weighted by Gasteiger charge is 2.39. The van der Waals surface area contributed by atoms with E-state index >= 15 is 0 Å². The van der Waals surface area contributed by atoms with Gasteiger partial charge in [-0.15, -0.1) is 6.58 Å². The molecule has 0 bridgehead atoms. The second kappa shape index (κ2) is 12.5. The predicted octanol–water partition coefficient (Wildman–Crippen LogP) is 9.81. The lowest BCUT2D eigenvalue weighted by atomic mass is 9.62. The third kappa shape index (κ3) is 6.44. The van der Waals surface area contributed by atoms with Gasteiger partial charge in [0.05, 0.1) is 0 Å². The van der Waals surface area contributed by atoms with E-state index in [1.54, 1.807) is 0 Å². The molecule has 0 aromatic heterocycles. The first-order valence-corrected chi connectivity index (χ1v) is 15.0. The Bertz CT molecular complexity index is 1540. The molecule has 4 heteroatoms. The van der Waals surface area contributed by atoms with Gasteiger partial charge in [-0.25, -0.2) is 0 Å². The molecule has 0 radical (unpaired) electrons. The number of hydrogen-bond donors (Lipinski definition) is 2. The lowest BCUT2D eigenvalue weighted by Gasteiger charge is -2.41. The molecule has 5 aromatic rings. The van der Waals surface area contributed by atoms with E-state index in [9.17, 15) is 0 Å². The maximum Gasteiger partial charge on any atom is 0.127 e. The van der Waals surface area contributed by atoms with Crippen molar-refractivity contribution in [2.24, 2.45) is 0 Å². The molecule has 1 aliphatic carbocycles. The van der Waals surface area contributed by atoms with Crippen LogP contribution in [-0.4, -0.2) is 0 Å². The Morgan fingerprint density at radius 3 is 1.37 bits per heavy atom. The number of benzene rings is 5. The topological polar surface area (TPSA) is 70.5 Å². The Labute approximate surface area is 254 Å². The molecule has 0 aliphatic heterocycles. The summed E-state index contributed by atoms with van der Waals surface area (Å²) in [5.41, 5.74) is 18.4. The molecule has 1 saturated carbocycles. The van der Waals surface area contributed by atoms with Crippen LogP contribution in [0.4, 0.5) is 11.4 Å². The molecule has 4 nitrogen and oxygen atoms in total. The van der Waals surface area contributed by atoms with Gasteiger partial charge in [-0.3, -0.25) is 0 Å². The van der Waals surface area contributed by atoms with Gasteiger partial charge >= 0.3 is 0 Å². The van der Waals surface area contributed by atoms with E-state index in [-0.39, 0.29) is 5.41 Å². The third-order valence-electron chi connectivity index (χ3n) is 8.72. The van der Waals surface area contributed by atoms with Crippen molar-refractivity contribution in [2.75, 3.05) is 11.5 Å². The van der Waals surface area contributed by atoms with E-state index in [0.717, 1.165) is 66.5 Å². The number of rotatable bonds is 9. The maximum atomic E-state index is 6.11. The van der Waals surface area contributed by atoms with Crippen molar-refractivity contribution in [2.45, 2.75) is 43.4 Å². The summed E-state index contributed by atoms with van der Waals surface area (Å²) in [4.78, 5) is 0. The second-order valence-corrected chi connectivity index (χ2v) is 11.5. The Hall–Kier alpha value is -4.96. The van der Waals surface area contributed by atoms with E-state index in [2.05, 4.69) is 79.4 Å². The summed E-state index contributed by atoms with van der Waals surface area (Å²) in [6.07, 6.45) is 7.22. The number of allylic oxidation sites excluding steroid dienone is 1. The summed E-state index contributed by atoms with van der Waals surface area (Å²) in [5.74, 6) is 3.71. The average Bonchev–Trinajstić information content (AvgIpc) is 3.05. The van der Waals surface area contributed by atoms with Crippen molar-refractivity contribution < 1.29 is 9.47 Å². The van der Waals surface area contributed by atoms with Gasteiger partial charge in [0.2, 0.25) is 0 Å². The number of nitrogen functional groups attached to an aromatic ring is 2. The van der Waals surface area contributed by atoms with Crippen LogP contribution >= 0.6 is 0 Å². The fraction of sp³-hybridized carbons (Fsp3) is 0.179. The minimum absolute atomic E-state index is 0.0985. The van der Waals surface area contributed by atoms with Crippen molar-refractivity contribution >= 4 is 11.4 Å². The summed E-state index contributed by atoms with van der Waals surface area (Å²) in [7, 11) is 0. The molecule has 1 fully saturated rings. The van der Waals surface area contributed by atoms with Gasteiger partial charge in [0.25, 0.3) is 0 Å². The van der Waals surface area contributed by atoms with Gasteiger partial charge in [0, 0.05) is 16.8 Å². The summed E-state index contributed by atoms with van der Waals surface area (Å²) >= 11 is 0. The fourth-order valence-corrected chi connectivity index (χ4v) is 6.31. The normalized spacial score (nSPS) is 14.6. The van der Waals surface area contributed by atoms with Crippen LogP contribution in [-0.2, 0) is 11.8 Å². The van der Waals surface area contributed by atoms with Crippen molar-refractivity contribution in [3.8, 4) is 23.0 Å². The van der Waals surface area contributed by atoms with E-state index in [1.165, 1.54) is 22.3 Å². The zero-order valence-electron chi connectivity index (χ0n) is 24.4. The molecule has 6 rings (SSSR count). The standard InChI is InChI=1S/C39H38N2O2/c1-2-3-28-4-6-29(7-5-28)30-24-26-39(27-25-30,31-8-16-35(17-9-31)42-37-20-12-33(40)13-21-37)32-10-18-36(19-11-32)43-38-22-14-34(41)15-23-38/h2,4-23,30H,1,3,24-27,40-41H2. The molecule has 0 saturated heterocycles. The lowest BCUT2D eigenvalue weighted by Crippen LogP contribution is -2.32. The first kappa shape index (κ1) is 28.2. The van der Waals surface area contributed by atoms with Crippen LogP contribution in [0.25, 0.3) is 0 Å². The Morgan fingerprint density at radius 2 is 0.977 bits per heavy atom. The summed E-state index contributed by atoms with van der Waals surface area (Å²) in [5, 5.41) is 0. The highest BCUT2D eigenvalue weighted by Crippen LogP contribution is 2.49. The zero-order valence-corrected chi connectivity index (χ0v) is 24.4. The molecule has 0 unspecified atom stereocenters. The van der Waals surface area contributed by atoms with Crippen LogP contribution in [0.15, 0.2) is 134 Å². The van der Waals surface area contributed by atoms with Crippen molar-refractivity contribution in [1.29, 1.82) is 0 Å². The minimum Gasteiger partial charge on any atom is -0.457 e. The van der Waals surface area contributed by atoms with E-state index in [0.29, 0.717) is 5.92 Å². The zero-order chi connectivity index (χ0) is 29.6. The number of ether oxygens (including phenoxy) is 2. The van der Waals surface area contributed by atoms with Crippen LogP contribution in [0, 0.1) is 0 Å². The molecule has 0 atom stereocenters. The van der Waals surface area contributed by atoms with Gasteiger partial charge < -0.3 is 20.9 Å². The molecule has 1 aliphatic rings. The summed E-state index contributed by atoms with van der Waals surface area (Å²) in [6.45, 7) is 3.88. The Balaban J connectivity index is 1.26. The maximum absolute atomic E-state index is 6.11. The van der Waals surface area contributed by atoms with E-state index in [1.807, 2.05) is 54.6 Å². The van der Waals surface area contributed by atoms with Crippen molar-refractivity contribution in [3.63, 3.8) is 0 Å². The van der Waals surface area contributed by atoms with Crippen molar-refractivity contribution in [1.82, 2.24) is 0 Å². The highest BCUT2D eigenvalue weighted by molar-refractivity contribution is 5.48. The molecule has 43 heavy (non-hydrogen) atoms. The predicted molar refractivity (Wildman–Crippen MR) is 177 cm³/mol. The number of nitrogens with two attached hydrogens (primary N) is 2. The molecule has 4 N–H and O–H groups in total. The van der Waals surface area contributed by atoms with Gasteiger partial charge in [-0.2, -0.15) is 0 Å². The van der Waals surface area contributed by atoms with Gasteiger partial charge in [0.1, 0.15) is 23.0 Å². The smallest absolute Gasteiger partial charge is 0.127 e. The SMILES string of the molecule is C=CCc1ccc(C2CCC(c3ccc(Oc4ccc(N)cc4)cc3)(c3ccc(Oc4ccc(N)cc4)cc3)CC2)cc1. The second-order valence-electron chi connectivity index (χ2n) is 11.5. The van der Waals surface area contributed by atoms with Crippen LogP contribution in [0.1, 0.15) is 53.9 Å². The first-order valence-electron chi connectivity index (χ1n) is 15.0. The van der Waals surface area contributed by atoms with Crippen molar-refractivity contribution in [3.05, 3.63) is 156 Å². The molecule has 216 valence electrons. The molecule has 5 aromatic carbocycles. The van der Waals surface area contributed by atoms with Crippen LogP contribution < -0.4 is 20.9 Å². The summed E-state index contributed by atoms with van der Waals surface area (Å²) in [6, 6.07) is 41.3. The molecular weight excluding hydrogens is 528 g/mol. The monoisotopic (exact) mass is 566 g/mol. The third-order valence-corrected chi connectivity index (χ3v) is 8.72. The lowest BCUT2D eigenvalue weighted by molar-refractivity contribution is 0.314. The Morgan fingerprint density at radius 1 is 0.581 bits per heavy atom. The highest BCUT2D eigenvalue weighted by atomic mass is 16.5. The van der Waals surface area contributed by atoms with Gasteiger partial charge in [0.15, 0.2) is 0 Å². The van der Waals surface area contributed by atoms with Gasteiger partial charge in [-0.05, 0) is 133 Å². The molecule has 0 amide bonds. The van der Waals surface area contributed by atoms with Crippen LogP contribution in [0.5, 0.6) is 23.0 Å². The quantitative estimate of drug-likeness (QED) is 0.138. The molecule has 0 heterocycles. The first-order chi connectivity index (χ1) is 21.0. The summed E-state index contributed by atoms with van der Waals surface area (Å²) < 4.78 is 12.2. The van der Waals surface area contributed by atoms with E-state index < -0.39 is 0 Å². The van der Waals surface area contributed by atoms with Crippen LogP contribution in [0.3, 0.4) is 0 Å². The molecular formula is C39H38N2O2. The largest absolute Gasteiger partial charge is 0.457 e. The van der Waals surface area contributed by atoms with Gasteiger partial charge in [-0.1, -0.05) is 54.6 Å². The Kier molecular flexibility index (Phi) is 8.19. The average molecular weight is 567 g/mol. The number of hydrogen-bond acceptors (Lipinski definition) is 4. The number of anilines is 2. The minimum atomic E-state index is -0.0985. The molecule has 0 spiro atoms. The van der Waals surface area contributed by atoms with E-state index in [4.69, 9.17) is 20.9 Å². The van der Waals surface area contributed by atoms with Crippen LogP contribution in [0.2, 0.25) is 0 Å².